The molecule has 216 valence electrons. The van der Waals surface area contributed by atoms with E-state index < -0.39 is 41.6 Å². The number of ether oxygens (including phenoxy) is 3. The summed E-state index contributed by atoms with van der Waals surface area (Å²) in [7, 11) is 2.93. The van der Waals surface area contributed by atoms with E-state index in [2.05, 4.69) is 10.3 Å². The van der Waals surface area contributed by atoms with Crippen LogP contribution in [0.5, 0.6) is 17.2 Å². The Morgan fingerprint density at radius 1 is 0.878 bits per heavy atom. The van der Waals surface area contributed by atoms with Crippen LogP contribution in [0.1, 0.15) is 27.8 Å². The molecule has 0 unspecified atom stereocenters. The molecule has 0 fully saturated rings. The molecule has 0 aromatic heterocycles. The van der Waals surface area contributed by atoms with E-state index in [-0.39, 0.29) is 17.6 Å². The number of hydrogen-bond acceptors (Lipinski definition) is 6. The molecule has 0 saturated heterocycles. The number of methoxy groups -OCH3 is 2. The van der Waals surface area contributed by atoms with Crippen molar-refractivity contribution >= 4 is 28.9 Å². The molecular formula is C28H22F6N2O4S. The van der Waals surface area contributed by atoms with Crippen molar-refractivity contribution in [3.05, 3.63) is 93.4 Å². The molecule has 1 N–H and O–H groups in total. The third kappa shape index (κ3) is 7.54. The van der Waals surface area contributed by atoms with Gasteiger partial charge < -0.3 is 19.5 Å². The summed E-state index contributed by atoms with van der Waals surface area (Å²) in [6, 6.07) is 13.1. The SMILES string of the molecule is COc1ccc(CNC2=NC(=O)C(=Cc3ccc(OCc4ccc(C(F)(F)F)cc4C(F)(F)F)cc3OC)S2)cc1. The maximum absolute atomic E-state index is 13.4. The van der Waals surface area contributed by atoms with Crippen molar-refractivity contribution in [2.75, 3.05) is 14.2 Å². The van der Waals surface area contributed by atoms with Gasteiger partial charge in [0.15, 0.2) is 5.17 Å². The van der Waals surface area contributed by atoms with Gasteiger partial charge >= 0.3 is 12.4 Å². The van der Waals surface area contributed by atoms with Gasteiger partial charge in [-0.05, 0) is 59.8 Å². The average molecular weight is 597 g/mol. The third-order valence-corrected chi connectivity index (χ3v) is 6.79. The van der Waals surface area contributed by atoms with Crippen LogP contribution in [0.4, 0.5) is 26.3 Å². The van der Waals surface area contributed by atoms with Crippen LogP contribution in [0.2, 0.25) is 0 Å². The molecule has 4 rings (SSSR count). The first-order chi connectivity index (χ1) is 19.4. The first kappa shape index (κ1) is 29.8. The highest BCUT2D eigenvalue weighted by Crippen LogP contribution is 2.38. The molecule has 0 aliphatic carbocycles. The fraction of sp³-hybridized carbons (Fsp3) is 0.214. The van der Waals surface area contributed by atoms with Crippen LogP contribution in [0.25, 0.3) is 6.08 Å². The second-order valence-electron chi connectivity index (χ2n) is 8.59. The van der Waals surface area contributed by atoms with Gasteiger partial charge in [0.05, 0.1) is 30.3 Å². The summed E-state index contributed by atoms with van der Waals surface area (Å²) in [6.07, 6.45) is -8.38. The minimum atomic E-state index is -5.01. The van der Waals surface area contributed by atoms with E-state index in [0.717, 1.165) is 29.1 Å². The number of rotatable bonds is 8. The van der Waals surface area contributed by atoms with Crippen molar-refractivity contribution in [3.8, 4) is 17.2 Å². The van der Waals surface area contributed by atoms with E-state index in [9.17, 15) is 31.1 Å². The number of amidine groups is 1. The first-order valence-corrected chi connectivity index (χ1v) is 12.7. The quantitative estimate of drug-likeness (QED) is 0.222. The summed E-state index contributed by atoms with van der Waals surface area (Å²) in [5.74, 6) is 0.626. The maximum Gasteiger partial charge on any atom is 0.416 e. The number of carbonyl (C=O) groups excluding carboxylic acids is 1. The van der Waals surface area contributed by atoms with E-state index in [1.165, 1.54) is 25.3 Å². The van der Waals surface area contributed by atoms with Crippen molar-refractivity contribution in [1.29, 1.82) is 0 Å². The monoisotopic (exact) mass is 596 g/mol. The van der Waals surface area contributed by atoms with Crippen molar-refractivity contribution in [1.82, 2.24) is 5.32 Å². The number of aliphatic imine (C=N–C) groups is 1. The molecule has 6 nitrogen and oxygen atoms in total. The number of amides is 1. The van der Waals surface area contributed by atoms with E-state index in [0.29, 0.717) is 28.2 Å². The molecule has 3 aromatic rings. The number of nitrogens with zero attached hydrogens (tertiary/aromatic N) is 1. The molecule has 13 heteroatoms. The highest BCUT2D eigenvalue weighted by atomic mass is 32.2. The summed E-state index contributed by atoms with van der Waals surface area (Å²) in [5, 5.41) is 3.51. The Kier molecular flexibility index (Phi) is 8.86. The van der Waals surface area contributed by atoms with Gasteiger partial charge in [-0.2, -0.15) is 31.3 Å². The lowest BCUT2D eigenvalue weighted by Gasteiger charge is -2.17. The zero-order valence-corrected chi connectivity index (χ0v) is 22.3. The Morgan fingerprint density at radius 2 is 1.59 bits per heavy atom. The molecule has 1 aliphatic rings. The van der Waals surface area contributed by atoms with Gasteiger partial charge in [-0.25, -0.2) is 0 Å². The largest absolute Gasteiger partial charge is 0.497 e. The summed E-state index contributed by atoms with van der Waals surface area (Å²) in [5.41, 5.74) is -1.87. The Morgan fingerprint density at radius 3 is 2.22 bits per heavy atom. The van der Waals surface area contributed by atoms with Crippen LogP contribution >= 0.6 is 11.8 Å². The standard InChI is InChI=1S/C28H22F6N2O4S/c1-38-20-8-3-16(4-9-20)14-35-26-36-25(37)24(41-26)11-17-6-10-21(13-23(17)39-2)40-15-18-5-7-19(27(29,30)31)12-22(18)28(32,33)34/h3-13H,14-15H2,1-2H3,(H,35,36,37). The lowest BCUT2D eigenvalue weighted by molar-refractivity contribution is -0.143. The van der Waals surface area contributed by atoms with Gasteiger partial charge in [-0.1, -0.05) is 18.2 Å². The second-order valence-corrected chi connectivity index (χ2v) is 9.62. The maximum atomic E-state index is 13.4. The number of thioether (sulfide) groups is 1. The number of nitrogens with one attached hydrogen (secondary N) is 1. The number of halogens is 6. The highest BCUT2D eigenvalue weighted by Gasteiger charge is 2.38. The van der Waals surface area contributed by atoms with E-state index >= 15 is 0 Å². The Labute approximate surface area is 235 Å². The van der Waals surface area contributed by atoms with Gasteiger partial charge in [0, 0.05) is 23.7 Å². The molecule has 0 bridgehead atoms. The lowest BCUT2D eigenvalue weighted by Crippen LogP contribution is -2.18. The van der Waals surface area contributed by atoms with Crippen LogP contribution in [-0.4, -0.2) is 25.3 Å². The molecule has 0 spiro atoms. The Bertz CT molecular complexity index is 1480. The van der Waals surface area contributed by atoms with E-state index in [1.807, 2.05) is 24.3 Å². The van der Waals surface area contributed by atoms with Gasteiger partial charge in [0.1, 0.15) is 23.9 Å². The van der Waals surface area contributed by atoms with Gasteiger partial charge in [-0.15, -0.1) is 0 Å². The number of carbonyl (C=O) groups is 1. The first-order valence-electron chi connectivity index (χ1n) is 11.8. The zero-order valence-electron chi connectivity index (χ0n) is 21.5. The molecule has 3 aromatic carbocycles. The average Bonchev–Trinajstić information content (AvgIpc) is 3.29. The smallest absolute Gasteiger partial charge is 0.416 e. The second kappa shape index (κ2) is 12.2. The van der Waals surface area contributed by atoms with Gasteiger partial charge in [-0.3, -0.25) is 4.79 Å². The van der Waals surface area contributed by atoms with Crippen LogP contribution < -0.4 is 19.5 Å². The summed E-state index contributed by atoms with van der Waals surface area (Å²) >= 11 is 1.13. The minimum absolute atomic E-state index is 0.0625. The third-order valence-electron chi connectivity index (χ3n) is 5.85. The topological polar surface area (TPSA) is 69.2 Å². The van der Waals surface area contributed by atoms with E-state index in [1.54, 1.807) is 13.2 Å². The summed E-state index contributed by atoms with van der Waals surface area (Å²) < 4.78 is 95.0. The van der Waals surface area contributed by atoms with Crippen molar-refractivity contribution in [2.45, 2.75) is 25.5 Å². The van der Waals surface area contributed by atoms with E-state index in [4.69, 9.17) is 14.2 Å². The zero-order chi connectivity index (χ0) is 29.8. The molecule has 1 amide bonds. The molecule has 0 atom stereocenters. The number of alkyl halides is 6. The van der Waals surface area contributed by atoms with Crippen LogP contribution in [0.15, 0.2) is 70.6 Å². The Hall–Kier alpha value is -4.13. The predicted molar refractivity (Wildman–Crippen MR) is 142 cm³/mol. The molecule has 0 saturated carbocycles. The van der Waals surface area contributed by atoms with Crippen molar-refractivity contribution < 1.29 is 45.3 Å². The Balaban J connectivity index is 1.44. The van der Waals surface area contributed by atoms with Crippen LogP contribution in [0, 0.1) is 0 Å². The molecular weight excluding hydrogens is 574 g/mol. The number of benzene rings is 3. The number of hydrogen-bond donors (Lipinski definition) is 1. The summed E-state index contributed by atoms with van der Waals surface area (Å²) in [6.45, 7) is -0.206. The van der Waals surface area contributed by atoms with Gasteiger partial charge in [0.2, 0.25) is 0 Å². The molecule has 0 radical (unpaired) electrons. The fourth-order valence-corrected chi connectivity index (χ4v) is 4.55. The lowest BCUT2D eigenvalue weighted by atomic mass is 10.0. The molecule has 41 heavy (non-hydrogen) atoms. The van der Waals surface area contributed by atoms with Crippen molar-refractivity contribution in [2.24, 2.45) is 4.99 Å². The van der Waals surface area contributed by atoms with Gasteiger partial charge in [0.25, 0.3) is 5.91 Å². The fourth-order valence-electron chi connectivity index (χ4n) is 3.75. The molecule has 1 aliphatic heterocycles. The van der Waals surface area contributed by atoms with Crippen LogP contribution in [-0.2, 0) is 30.3 Å². The van der Waals surface area contributed by atoms with Crippen molar-refractivity contribution in [3.63, 3.8) is 0 Å². The predicted octanol–water partition coefficient (Wildman–Crippen LogP) is 7.08. The summed E-state index contributed by atoms with van der Waals surface area (Å²) in [4.78, 5) is 16.8. The minimum Gasteiger partial charge on any atom is -0.497 e. The van der Waals surface area contributed by atoms with Crippen LogP contribution in [0.3, 0.4) is 0 Å². The normalized spacial score (nSPS) is 14.7. The molecule has 1 heterocycles. The highest BCUT2D eigenvalue weighted by molar-refractivity contribution is 8.18.